The molecule has 0 radical (unpaired) electrons. The number of nitrogens with two attached hydrogens (primary N) is 2. The number of carboxylic acids is 1. The number of aromatic nitrogens is 2. The van der Waals surface area contributed by atoms with Crippen LogP contribution in [0.15, 0.2) is 12.5 Å². The molecule has 4 amide bonds. The lowest BCUT2D eigenvalue weighted by atomic mass is 10.0. The van der Waals surface area contributed by atoms with E-state index in [-0.39, 0.29) is 12.3 Å². The van der Waals surface area contributed by atoms with Crippen molar-refractivity contribution in [2.45, 2.75) is 70.3 Å². The number of rotatable bonds is 14. The average Bonchev–Trinajstić information content (AvgIpc) is 3.22. The number of carboxylic acid groups (broad SMARTS) is 1. The Balaban J connectivity index is 2.94. The highest BCUT2D eigenvalue weighted by atomic mass is 16.4. The van der Waals surface area contributed by atoms with Crippen LogP contribution in [0.1, 0.15) is 39.3 Å². The van der Waals surface area contributed by atoms with E-state index in [1.165, 1.54) is 19.4 Å². The molecular weight excluding hydrogens is 450 g/mol. The summed E-state index contributed by atoms with van der Waals surface area (Å²) in [6.07, 6.45) is 0.890. The number of nitrogens with zero attached hydrogens (tertiary/aromatic N) is 1. The van der Waals surface area contributed by atoms with E-state index in [1.807, 2.05) is 13.8 Å². The van der Waals surface area contributed by atoms with Gasteiger partial charge in [-0.25, -0.2) is 9.78 Å². The Kier molecular flexibility index (Phi) is 11.1. The lowest BCUT2D eigenvalue weighted by molar-refractivity contribution is -0.143. The fraction of sp³-hybridized carbons (Fsp3) is 0.600. The smallest absolute Gasteiger partial charge is 0.326 e. The Morgan fingerprint density at radius 1 is 1.03 bits per heavy atom. The van der Waals surface area contributed by atoms with Gasteiger partial charge in [-0.3, -0.25) is 19.2 Å². The Hall–Kier alpha value is -3.52. The third kappa shape index (κ3) is 9.54. The predicted molar refractivity (Wildman–Crippen MR) is 119 cm³/mol. The highest BCUT2D eigenvalue weighted by Crippen LogP contribution is 2.05. The minimum atomic E-state index is -1.59. The molecule has 0 bridgehead atoms. The Morgan fingerprint density at radius 2 is 1.65 bits per heavy atom. The first-order chi connectivity index (χ1) is 15.8. The van der Waals surface area contributed by atoms with Gasteiger partial charge < -0.3 is 42.6 Å². The number of hydrogen-bond acceptors (Lipinski definition) is 8. The second-order valence-electron chi connectivity index (χ2n) is 8.37. The molecule has 0 aliphatic heterocycles. The molecular formula is C20H33N7O7. The Bertz CT molecular complexity index is 857. The molecule has 0 aliphatic rings. The van der Waals surface area contributed by atoms with Crippen molar-refractivity contribution in [3.05, 3.63) is 18.2 Å². The maximum absolute atomic E-state index is 12.8. The fourth-order valence-corrected chi connectivity index (χ4v) is 3.04. The molecule has 190 valence electrons. The molecule has 0 aliphatic carbocycles. The largest absolute Gasteiger partial charge is 0.480 e. The van der Waals surface area contributed by atoms with Crippen LogP contribution in [0.4, 0.5) is 0 Å². The molecule has 1 heterocycles. The van der Waals surface area contributed by atoms with Gasteiger partial charge in [0.2, 0.25) is 23.6 Å². The average molecular weight is 484 g/mol. The number of aliphatic hydroxyl groups excluding tert-OH is 1. The fourth-order valence-electron chi connectivity index (χ4n) is 3.04. The molecule has 0 saturated heterocycles. The maximum Gasteiger partial charge on any atom is 0.326 e. The van der Waals surface area contributed by atoms with Gasteiger partial charge in [0.25, 0.3) is 0 Å². The standard InChI is InChI=1S/C20H33N7O7/c1-9(2)4-12(21)17(30)25-13(6-15(22)29)18(31)27-16(10(3)28)19(32)26-14(20(33)34)5-11-7-23-8-24-11/h7-10,12-14,16,28H,4-6,21H2,1-3H3,(H2,22,29)(H,23,24)(H,25,30)(H,26,32)(H,27,31)(H,33,34). The molecule has 0 saturated carbocycles. The number of carbonyl (C=O) groups is 5. The first-order valence-corrected chi connectivity index (χ1v) is 10.6. The topological polar surface area (TPSA) is 243 Å². The van der Waals surface area contributed by atoms with Gasteiger partial charge in [-0.05, 0) is 19.3 Å². The van der Waals surface area contributed by atoms with Crippen LogP contribution < -0.4 is 27.4 Å². The summed E-state index contributed by atoms with van der Waals surface area (Å²) in [5, 5.41) is 26.3. The summed E-state index contributed by atoms with van der Waals surface area (Å²) >= 11 is 0. The van der Waals surface area contributed by atoms with Crippen LogP contribution in [0.3, 0.4) is 0 Å². The van der Waals surface area contributed by atoms with Crippen molar-refractivity contribution >= 4 is 29.6 Å². The highest BCUT2D eigenvalue weighted by Gasteiger charge is 2.33. The van der Waals surface area contributed by atoms with E-state index >= 15 is 0 Å². The summed E-state index contributed by atoms with van der Waals surface area (Å²) in [4.78, 5) is 67.2. The van der Waals surface area contributed by atoms with E-state index in [9.17, 15) is 34.2 Å². The Morgan fingerprint density at radius 3 is 2.12 bits per heavy atom. The lowest BCUT2D eigenvalue weighted by Crippen LogP contribution is -2.60. The number of aliphatic hydroxyl groups is 1. The molecule has 5 unspecified atom stereocenters. The van der Waals surface area contributed by atoms with Crippen LogP contribution >= 0.6 is 0 Å². The van der Waals surface area contributed by atoms with Gasteiger partial charge in [-0.2, -0.15) is 0 Å². The molecule has 14 heteroatoms. The lowest BCUT2D eigenvalue weighted by Gasteiger charge is -2.26. The number of aliphatic carboxylic acids is 1. The molecule has 1 aromatic heterocycles. The van der Waals surface area contributed by atoms with Crippen LogP contribution in [0.2, 0.25) is 0 Å². The van der Waals surface area contributed by atoms with Crippen LogP contribution in [0, 0.1) is 5.92 Å². The van der Waals surface area contributed by atoms with E-state index < -0.39 is 66.3 Å². The van der Waals surface area contributed by atoms with Crippen molar-refractivity contribution in [2.24, 2.45) is 17.4 Å². The van der Waals surface area contributed by atoms with E-state index in [0.29, 0.717) is 12.1 Å². The van der Waals surface area contributed by atoms with E-state index in [0.717, 1.165) is 0 Å². The minimum absolute atomic E-state index is 0.0939. The number of nitrogens with one attached hydrogen (secondary N) is 4. The molecule has 0 aromatic carbocycles. The van der Waals surface area contributed by atoms with E-state index in [2.05, 4.69) is 25.9 Å². The summed E-state index contributed by atoms with van der Waals surface area (Å²) in [5.74, 6) is -4.82. The van der Waals surface area contributed by atoms with Gasteiger partial charge in [-0.15, -0.1) is 0 Å². The number of amides is 4. The van der Waals surface area contributed by atoms with Crippen molar-refractivity contribution in [2.75, 3.05) is 0 Å². The van der Waals surface area contributed by atoms with Gasteiger partial charge >= 0.3 is 5.97 Å². The first kappa shape index (κ1) is 28.5. The minimum Gasteiger partial charge on any atom is -0.480 e. The molecule has 0 spiro atoms. The van der Waals surface area contributed by atoms with Crippen molar-refractivity contribution in [3.8, 4) is 0 Å². The van der Waals surface area contributed by atoms with E-state index in [1.54, 1.807) is 0 Å². The normalized spacial score (nSPS) is 15.5. The van der Waals surface area contributed by atoms with Gasteiger partial charge in [0.15, 0.2) is 0 Å². The number of aromatic amines is 1. The molecule has 34 heavy (non-hydrogen) atoms. The van der Waals surface area contributed by atoms with Gasteiger partial charge in [-0.1, -0.05) is 13.8 Å². The van der Waals surface area contributed by atoms with Gasteiger partial charge in [0, 0.05) is 18.3 Å². The molecule has 14 nitrogen and oxygen atoms in total. The zero-order valence-corrected chi connectivity index (χ0v) is 19.3. The summed E-state index contributed by atoms with van der Waals surface area (Å²) in [6.45, 7) is 4.90. The molecule has 1 aromatic rings. The third-order valence-electron chi connectivity index (χ3n) is 4.76. The number of primary amides is 1. The van der Waals surface area contributed by atoms with Crippen molar-refractivity contribution in [1.82, 2.24) is 25.9 Å². The second kappa shape index (κ2) is 13.3. The van der Waals surface area contributed by atoms with Crippen LogP contribution in [0.5, 0.6) is 0 Å². The van der Waals surface area contributed by atoms with Crippen LogP contribution in [0.25, 0.3) is 0 Å². The first-order valence-electron chi connectivity index (χ1n) is 10.6. The zero-order chi connectivity index (χ0) is 26.0. The summed E-state index contributed by atoms with van der Waals surface area (Å²) < 4.78 is 0. The van der Waals surface area contributed by atoms with Gasteiger partial charge in [0.1, 0.15) is 18.1 Å². The number of H-pyrrole nitrogens is 1. The summed E-state index contributed by atoms with van der Waals surface area (Å²) in [7, 11) is 0. The maximum atomic E-state index is 12.8. The zero-order valence-electron chi connectivity index (χ0n) is 19.3. The van der Waals surface area contributed by atoms with Crippen molar-refractivity contribution in [3.63, 3.8) is 0 Å². The van der Waals surface area contributed by atoms with Crippen molar-refractivity contribution < 1.29 is 34.2 Å². The molecule has 10 N–H and O–H groups in total. The van der Waals surface area contributed by atoms with Crippen LogP contribution in [-0.4, -0.2) is 80.1 Å². The number of hydrogen-bond donors (Lipinski definition) is 8. The monoisotopic (exact) mass is 483 g/mol. The molecule has 5 atom stereocenters. The number of carbonyl (C=O) groups excluding carboxylic acids is 4. The quantitative estimate of drug-likeness (QED) is 0.135. The summed E-state index contributed by atoms with van der Waals surface area (Å²) in [5.41, 5.74) is 11.4. The van der Waals surface area contributed by atoms with Crippen LogP contribution in [-0.2, 0) is 30.4 Å². The van der Waals surface area contributed by atoms with E-state index in [4.69, 9.17) is 11.5 Å². The Labute approximate surface area is 196 Å². The third-order valence-corrected chi connectivity index (χ3v) is 4.76. The predicted octanol–water partition coefficient (Wildman–Crippen LogP) is -2.88. The highest BCUT2D eigenvalue weighted by molar-refractivity contribution is 5.96. The second-order valence-corrected chi connectivity index (χ2v) is 8.37. The molecule has 0 fully saturated rings. The summed E-state index contributed by atoms with van der Waals surface area (Å²) in [6, 6.07) is -5.38. The number of imidazole rings is 1. The molecule has 1 rings (SSSR count). The van der Waals surface area contributed by atoms with Crippen molar-refractivity contribution in [1.29, 1.82) is 0 Å². The SMILES string of the molecule is CC(C)CC(N)C(=O)NC(CC(N)=O)C(=O)NC(C(=O)NC(Cc1cnc[nH]1)C(=O)O)C(C)O. The van der Waals surface area contributed by atoms with Gasteiger partial charge in [0.05, 0.1) is 24.9 Å².